The number of nitrogens with one attached hydrogen (secondary N) is 2. The molecule has 0 amide bonds. The largest absolute Gasteiger partial charge is 0.396 e. The average Bonchev–Trinajstić information content (AvgIpc) is 2.79. The van der Waals surface area contributed by atoms with Crippen LogP contribution >= 0.6 is 0 Å². The Kier molecular flexibility index (Phi) is 8.68. The summed E-state index contributed by atoms with van der Waals surface area (Å²) in [7, 11) is 1.75. The number of aliphatic hydroxyl groups is 2. The summed E-state index contributed by atoms with van der Waals surface area (Å²) in [6.45, 7) is 4.25. The Hall–Kier alpha value is -2.41. The predicted octanol–water partition coefficient (Wildman–Crippen LogP) is 2.08. The lowest BCUT2D eigenvalue weighted by Gasteiger charge is -2.29. The molecule has 0 spiro atoms. The number of guanidine groups is 1. The van der Waals surface area contributed by atoms with Crippen molar-refractivity contribution in [2.24, 2.45) is 4.99 Å². The van der Waals surface area contributed by atoms with Gasteiger partial charge in [0.05, 0.1) is 12.7 Å². The molecule has 0 aromatic heterocycles. The Bertz CT molecular complexity index is 772. The molecule has 1 heterocycles. The van der Waals surface area contributed by atoms with Crippen LogP contribution in [-0.2, 0) is 13.1 Å². The Labute approximate surface area is 179 Å². The monoisotopic (exact) mass is 410 g/mol. The molecule has 30 heavy (non-hydrogen) atoms. The summed E-state index contributed by atoms with van der Waals surface area (Å²) in [5.41, 5.74) is 3.60. The minimum Gasteiger partial charge on any atom is -0.396 e. The number of likely N-dealkylation sites (tertiary alicyclic amines) is 1. The van der Waals surface area contributed by atoms with Gasteiger partial charge >= 0.3 is 0 Å². The lowest BCUT2D eigenvalue weighted by Crippen LogP contribution is -2.39. The van der Waals surface area contributed by atoms with Gasteiger partial charge in [-0.2, -0.15) is 0 Å². The van der Waals surface area contributed by atoms with Gasteiger partial charge in [0.1, 0.15) is 0 Å². The summed E-state index contributed by atoms with van der Waals surface area (Å²) < 4.78 is 0. The summed E-state index contributed by atoms with van der Waals surface area (Å²) >= 11 is 0. The smallest absolute Gasteiger partial charge is 0.191 e. The van der Waals surface area contributed by atoms with Gasteiger partial charge in [0, 0.05) is 45.7 Å². The van der Waals surface area contributed by atoms with Gasteiger partial charge in [-0.15, -0.1) is 0 Å². The summed E-state index contributed by atoms with van der Waals surface area (Å²) in [6.07, 6.45) is 1.61. The van der Waals surface area contributed by atoms with Crippen molar-refractivity contribution in [3.63, 3.8) is 0 Å². The molecule has 6 heteroatoms. The quantitative estimate of drug-likeness (QED) is 0.396. The Morgan fingerprint density at radius 1 is 1.03 bits per heavy atom. The van der Waals surface area contributed by atoms with Gasteiger partial charge in [0.2, 0.25) is 0 Å². The van der Waals surface area contributed by atoms with E-state index >= 15 is 0 Å². The molecule has 1 saturated heterocycles. The Morgan fingerprint density at radius 3 is 2.33 bits per heavy atom. The van der Waals surface area contributed by atoms with E-state index in [0.29, 0.717) is 13.1 Å². The molecular weight excluding hydrogens is 376 g/mol. The van der Waals surface area contributed by atoms with E-state index in [2.05, 4.69) is 44.8 Å². The molecule has 2 aromatic rings. The van der Waals surface area contributed by atoms with Crippen molar-refractivity contribution >= 4 is 5.96 Å². The molecule has 0 aliphatic carbocycles. The van der Waals surface area contributed by atoms with Crippen molar-refractivity contribution in [2.45, 2.75) is 38.0 Å². The highest BCUT2D eigenvalue weighted by atomic mass is 16.3. The summed E-state index contributed by atoms with van der Waals surface area (Å²) in [6, 6.07) is 18.7. The lowest BCUT2D eigenvalue weighted by molar-refractivity contribution is 0.0792. The van der Waals surface area contributed by atoms with Gasteiger partial charge in [0.25, 0.3) is 0 Å². The molecular formula is C24H34N4O2. The molecule has 162 valence electrons. The minimum absolute atomic E-state index is 0.0277. The topological polar surface area (TPSA) is 80.1 Å². The number of aliphatic hydroxyl groups excluding tert-OH is 2. The van der Waals surface area contributed by atoms with Crippen LogP contribution in [0.5, 0.6) is 0 Å². The van der Waals surface area contributed by atoms with Crippen LogP contribution in [0.2, 0.25) is 0 Å². The zero-order chi connectivity index (χ0) is 21.2. The van der Waals surface area contributed by atoms with E-state index < -0.39 is 0 Å². The first-order valence-corrected chi connectivity index (χ1v) is 10.8. The third kappa shape index (κ3) is 6.83. The van der Waals surface area contributed by atoms with E-state index in [1.807, 2.05) is 30.3 Å². The highest BCUT2D eigenvalue weighted by Gasteiger charge is 2.16. The molecule has 2 aromatic carbocycles. The highest BCUT2D eigenvalue weighted by Crippen LogP contribution is 2.15. The van der Waals surface area contributed by atoms with E-state index in [4.69, 9.17) is 0 Å². The second kappa shape index (κ2) is 11.7. The van der Waals surface area contributed by atoms with E-state index in [0.717, 1.165) is 44.0 Å². The van der Waals surface area contributed by atoms with Gasteiger partial charge in [-0.1, -0.05) is 54.6 Å². The van der Waals surface area contributed by atoms with E-state index in [9.17, 15) is 10.2 Å². The second-order valence-corrected chi connectivity index (χ2v) is 7.92. The number of benzene rings is 2. The molecule has 1 fully saturated rings. The fourth-order valence-corrected chi connectivity index (χ4v) is 3.74. The number of aliphatic imine (C=N–C) groups is 1. The van der Waals surface area contributed by atoms with Gasteiger partial charge in [0.15, 0.2) is 5.96 Å². The number of hydrogen-bond acceptors (Lipinski definition) is 4. The Morgan fingerprint density at radius 2 is 1.70 bits per heavy atom. The lowest BCUT2D eigenvalue weighted by atomic mass is 10.0. The molecule has 6 nitrogen and oxygen atoms in total. The standard InChI is InChI=1S/C24H34N4O2/c1-25-24(27-16-22(18-29)21-5-3-2-4-6-21)26-15-19-7-9-20(10-8-19)17-28-13-11-23(30)12-14-28/h2-10,22-23,29-30H,11-18H2,1H3,(H2,25,26,27). The van der Waals surface area contributed by atoms with Crippen molar-refractivity contribution in [1.29, 1.82) is 0 Å². The number of hydrogen-bond donors (Lipinski definition) is 4. The van der Waals surface area contributed by atoms with Crippen LogP contribution in [-0.4, -0.2) is 60.5 Å². The van der Waals surface area contributed by atoms with Gasteiger partial charge in [-0.25, -0.2) is 0 Å². The van der Waals surface area contributed by atoms with Crippen LogP contribution in [0.3, 0.4) is 0 Å². The first-order valence-electron chi connectivity index (χ1n) is 10.8. The molecule has 3 rings (SSSR count). The van der Waals surface area contributed by atoms with Crippen molar-refractivity contribution in [3.8, 4) is 0 Å². The highest BCUT2D eigenvalue weighted by molar-refractivity contribution is 5.79. The summed E-state index contributed by atoms with van der Waals surface area (Å²) in [5, 5.41) is 26.0. The summed E-state index contributed by atoms with van der Waals surface area (Å²) in [4.78, 5) is 6.69. The van der Waals surface area contributed by atoms with E-state index in [1.54, 1.807) is 7.05 Å². The van der Waals surface area contributed by atoms with Crippen LogP contribution < -0.4 is 10.6 Å². The summed E-state index contributed by atoms with van der Waals surface area (Å²) in [5.74, 6) is 0.750. The third-order valence-electron chi connectivity index (χ3n) is 5.68. The molecule has 0 bridgehead atoms. The molecule has 0 radical (unpaired) electrons. The molecule has 1 aliphatic heterocycles. The normalized spacial score (nSPS) is 17.0. The van der Waals surface area contributed by atoms with Gasteiger partial charge in [-0.05, 0) is 29.5 Å². The van der Waals surface area contributed by atoms with Crippen LogP contribution in [0.15, 0.2) is 59.6 Å². The maximum absolute atomic E-state index is 9.71. The number of nitrogens with zero attached hydrogens (tertiary/aromatic N) is 2. The van der Waals surface area contributed by atoms with Crippen molar-refractivity contribution in [2.75, 3.05) is 33.3 Å². The predicted molar refractivity (Wildman–Crippen MR) is 121 cm³/mol. The molecule has 1 unspecified atom stereocenters. The number of piperidine rings is 1. The molecule has 1 aliphatic rings. The molecule has 4 N–H and O–H groups in total. The van der Waals surface area contributed by atoms with Crippen LogP contribution in [0, 0.1) is 0 Å². The molecule has 0 saturated carbocycles. The fraction of sp³-hybridized carbons (Fsp3) is 0.458. The SMILES string of the molecule is CN=C(NCc1ccc(CN2CCC(O)CC2)cc1)NCC(CO)c1ccccc1. The maximum atomic E-state index is 9.71. The van der Waals surface area contributed by atoms with Crippen molar-refractivity contribution < 1.29 is 10.2 Å². The Balaban J connectivity index is 1.44. The fourth-order valence-electron chi connectivity index (χ4n) is 3.74. The first-order chi connectivity index (χ1) is 14.7. The van der Waals surface area contributed by atoms with Crippen molar-refractivity contribution in [3.05, 3.63) is 71.3 Å². The molecule has 1 atom stereocenters. The van der Waals surface area contributed by atoms with Crippen LogP contribution in [0.4, 0.5) is 0 Å². The average molecular weight is 411 g/mol. The van der Waals surface area contributed by atoms with Crippen LogP contribution in [0.25, 0.3) is 0 Å². The zero-order valence-corrected chi connectivity index (χ0v) is 17.8. The van der Waals surface area contributed by atoms with E-state index in [1.165, 1.54) is 11.1 Å². The number of rotatable bonds is 8. The third-order valence-corrected chi connectivity index (χ3v) is 5.68. The minimum atomic E-state index is -0.127. The van der Waals surface area contributed by atoms with Gasteiger partial charge < -0.3 is 20.8 Å². The maximum Gasteiger partial charge on any atom is 0.191 e. The van der Waals surface area contributed by atoms with E-state index in [-0.39, 0.29) is 18.6 Å². The second-order valence-electron chi connectivity index (χ2n) is 7.92. The first kappa shape index (κ1) is 22.3. The van der Waals surface area contributed by atoms with Crippen LogP contribution in [0.1, 0.15) is 35.4 Å². The van der Waals surface area contributed by atoms with Crippen molar-refractivity contribution in [1.82, 2.24) is 15.5 Å². The van der Waals surface area contributed by atoms with Gasteiger partial charge in [-0.3, -0.25) is 9.89 Å². The zero-order valence-electron chi connectivity index (χ0n) is 17.8.